The third-order valence-corrected chi connectivity index (χ3v) is 7.48. The highest BCUT2D eigenvalue weighted by Crippen LogP contribution is 2.33. The second-order valence-electron chi connectivity index (χ2n) is 11.2. The Balaban J connectivity index is 1.32. The molecule has 0 spiro atoms. The largest absolute Gasteiger partial charge is 0.384 e. The van der Waals surface area contributed by atoms with E-state index in [9.17, 15) is 9.50 Å². The van der Waals surface area contributed by atoms with E-state index in [0.29, 0.717) is 46.9 Å². The number of likely N-dealkylation sites (N-methyl/N-ethyl adjacent to an activating group) is 1. The third-order valence-electron chi connectivity index (χ3n) is 7.48. The first-order valence-electron chi connectivity index (χ1n) is 14.8. The third kappa shape index (κ3) is 6.38. The van der Waals surface area contributed by atoms with Crippen LogP contribution in [-0.4, -0.2) is 73.6 Å². The molecule has 0 saturated carbocycles. The van der Waals surface area contributed by atoms with Gasteiger partial charge in [-0.2, -0.15) is 5.10 Å². The number of benzene rings is 2. The van der Waals surface area contributed by atoms with Crippen LogP contribution < -0.4 is 10.6 Å². The molecule has 1 atom stereocenters. The summed E-state index contributed by atoms with van der Waals surface area (Å²) in [4.78, 5) is 19.3. The van der Waals surface area contributed by atoms with Crippen LogP contribution in [0.5, 0.6) is 0 Å². The molecule has 0 aliphatic carbocycles. The first-order chi connectivity index (χ1) is 21.4. The maximum absolute atomic E-state index is 14.7. The van der Waals surface area contributed by atoms with E-state index < -0.39 is 6.23 Å². The Labute approximate surface area is 254 Å². The summed E-state index contributed by atoms with van der Waals surface area (Å²) in [6.45, 7) is 3.61. The van der Waals surface area contributed by atoms with Crippen LogP contribution in [0.1, 0.15) is 26.2 Å². The van der Waals surface area contributed by atoms with Gasteiger partial charge in [0, 0.05) is 47.7 Å². The Morgan fingerprint density at radius 1 is 0.955 bits per heavy atom. The summed E-state index contributed by atoms with van der Waals surface area (Å²) in [5.74, 6) is 0.227. The number of anilines is 2. The molecule has 0 saturated heterocycles. The number of nitrogens with one attached hydrogen (secondary N) is 4. The molecule has 0 amide bonds. The Kier molecular flexibility index (Phi) is 8.49. The standard InChI is InChI=1S/C33H36FN9O/c1-4-5-6-29(44)38-25-15-22(18-35-19-25)20-7-8-27-26(16-20)31(42-41-27)33-39-28-9-10-37-30(32(28)40-33)21-13-23(34)17-24(14-21)36-11-12-43(2)3/h7-10,13-19,29,36,38,44H,4-6,11-12H2,1-3H3,(H,39,40)(H,41,42). The lowest BCUT2D eigenvalue weighted by Crippen LogP contribution is -2.20. The second-order valence-corrected chi connectivity index (χ2v) is 11.2. The lowest BCUT2D eigenvalue weighted by Gasteiger charge is -2.14. The molecule has 4 heterocycles. The van der Waals surface area contributed by atoms with Crippen molar-refractivity contribution in [2.75, 3.05) is 37.8 Å². The molecular weight excluding hydrogens is 557 g/mol. The highest BCUT2D eigenvalue weighted by Gasteiger charge is 2.17. The Morgan fingerprint density at radius 2 is 1.82 bits per heavy atom. The molecule has 0 fully saturated rings. The van der Waals surface area contributed by atoms with Crippen LogP contribution in [0.2, 0.25) is 0 Å². The quantitative estimate of drug-likeness (QED) is 0.105. The van der Waals surface area contributed by atoms with Crippen molar-refractivity contribution in [1.82, 2.24) is 35.0 Å². The van der Waals surface area contributed by atoms with Gasteiger partial charge in [0.1, 0.15) is 23.3 Å². The van der Waals surface area contributed by atoms with E-state index in [1.54, 1.807) is 18.6 Å². The topological polar surface area (TPSA) is 131 Å². The summed E-state index contributed by atoms with van der Waals surface area (Å²) in [7, 11) is 3.99. The summed E-state index contributed by atoms with van der Waals surface area (Å²) in [6.07, 6.45) is 7.21. The van der Waals surface area contributed by atoms with Gasteiger partial charge in [-0.15, -0.1) is 0 Å². The SMILES string of the molecule is CCCCC(O)Nc1cncc(-c2ccc3[nH]nc(-c4nc5c(-c6cc(F)cc(NCCN(C)C)c6)nccc5[nH]4)c3c2)c1. The monoisotopic (exact) mass is 593 g/mol. The van der Waals surface area contributed by atoms with E-state index in [0.717, 1.165) is 52.6 Å². The number of hydrogen-bond donors (Lipinski definition) is 5. The first kappa shape index (κ1) is 29.2. The number of H-pyrrole nitrogens is 2. The Bertz CT molecular complexity index is 1900. The molecule has 0 radical (unpaired) electrons. The smallest absolute Gasteiger partial charge is 0.159 e. The minimum atomic E-state index is -0.624. The summed E-state index contributed by atoms with van der Waals surface area (Å²) in [5.41, 5.74) is 7.43. The molecule has 0 aliphatic rings. The summed E-state index contributed by atoms with van der Waals surface area (Å²) in [5, 5.41) is 25.3. The fourth-order valence-corrected chi connectivity index (χ4v) is 5.22. The molecule has 2 aromatic carbocycles. The predicted molar refractivity (Wildman–Crippen MR) is 174 cm³/mol. The zero-order valence-corrected chi connectivity index (χ0v) is 25.0. The lowest BCUT2D eigenvalue weighted by atomic mass is 10.0. The number of aliphatic hydroxyl groups is 1. The molecule has 0 aliphatic heterocycles. The van der Waals surface area contributed by atoms with Crippen molar-refractivity contribution in [1.29, 1.82) is 0 Å². The molecule has 44 heavy (non-hydrogen) atoms. The number of aromatic amines is 2. The van der Waals surface area contributed by atoms with E-state index in [1.807, 2.05) is 50.5 Å². The first-order valence-corrected chi connectivity index (χ1v) is 14.8. The minimum Gasteiger partial charge on any atom is -0.384 e. The van der Waals surface area contributed by atoms with Crippen LogP contribution >= 0.6 is 0 Å². The Morgan fingerprint density at radius 3 is 2.66 bits per heavy atom. The van der Waals surface area contributed by atoms with Crippen LogP contribution in [0.25, 0.3) is 55.8 Å². The lowest BCUT2D eigenvalue weighted by molar-refractivity contribution is 0.190. The van der Waals surface area contributed by atoms with Gasteiger partial charge in [0.05, 0.1) is 28.6 Å². The predicted octanol–water partition coefficient (Wildman–Crippen LogP) is 6.26. The van der Waals surface area contributed by atoms with Gasteiger partial charge in [0.15, 0.2) is 5.82 Å². The average molecular weight is 594 g/mol. The van der Waals surface area contributed by atoms with Crippen molar-refractivity contribution in [3.63, 3.8) is 0 Å². The Hall–Kier alpha value is -4.87. The summed E-state index contributed by atoms with van der Waals surface area (Å²) >= 11 is 0. The fourth-order valence-electron chi connectivity index (χ4n) is 5.22. The normalized spacial score (nSPS) is 12.3. The van der Waals surface area contributed by atoms with Gasteiger partial charge in [0.2, 0.25) is 0 Å². The van der Waals surface area contributed by atoms with Crippen LogP contribution in [0.3, 0.4) is 0 Å². The van der Waals surface area contributed by atoms with Gasteiger partial charge in [-0.1, -0.05) is 19.4 Å². The van der Waals surface area contributed by atoms with Gasteiger partial charge in [-0.3, -0.25) is 15.1 Å². The van der Waals surface area contributed by atoms with E-state index in [-0.39, 0.29) is 5.82 Å². The number of fused-ring (bicyclic) bond motifs is 2. The van der Waals surface area contributed by atoms with Crippen molar-refractivity contribution in [3.8, 4) is 33.9 Å². The van der Waals surface area contributed by atoms with E-state index in [2.05, 4.69) is 47.6 Å². The summed E-state index contributed by atoms with van der Waals surface area (Å²) in [6, 6.07) is 14.7. The van der Waals surface area contributed by atoms with Gasteiger partial charge in [0.25, 0.3) is 0 Å². The maximum Gasteiger partial charge on any atom is 0.159 e. The van der Waals surface area contributed by atoms with E-state index in [4.69, 9.17) is 4.98 Å². The number of rotatable bonds is 12. The molecule has 11 heteroatoms. The van der Waals surface area contributed by atoms with Crippen molar-refractivity contribution in [2.24, 2.45) is 0 Å². The molecule has 226 valence electrons. The maximum atomic E-state index is 14.7. The molecule has 1 unspecified atom stereocenters. The fraction of sp³-hybridized carbons (Fsp3) is 0.273. The molecule has 6 rings (SSSR count). The average Bonchev–Trinajstić information content (AvgIpc) is 3.63. The number of pyridine rings is 2. The highest BCUT2D eigenvalue weighted by atomic mass is 19.1. The molecule has 5 N–H and O–H groups in total. The van der Waals surface area contributed by atoms with E-state index in [1.165, 1.54) is 12.1 Å². The zero-order valence-electron chi connectivity index (χ0n) is 25.0. The van der Waals surface area contributed by atoms with Crippen molar-refractivity contribution in [2.45, 2.75) is 32.4 Å². The summed E-state index contributed by atoms with van der Waals surface area (Å²) < 4.78 is 14.7. The van der Waals surface area contributed by atoms with Crippen LogP contribution in [0, 0.1) is 5.82 Å². The number of aromatic nitrogens is 6. The van der Waals surface area contributed by atoms with Gasteiger partial charge in [-0.05, 0) is 75.0 Å². The number of halogens is 1. The number of nitrogens with zero attached hydrogens (tertiary/aromatic N) is 5. The van der Waals surface area contributed by atoms with Gasteiger partial charge >= 0.3 is 0 Å². The van der Waals surface area contributed by atoms with Crippen LogP contribution in [-0.2, 0) is 0 Å². The van der Waals surface area contributed by atoms with Crippen LogP contribution in [0.15, 0.2) is 67.1 Å². The number of aliphatic hydroxyl groups excluding tert-OH is 1. The van der Waals surface area contributed by atoms with Gasteiger partial charge in [-0.25, -0.2) is 9.37 Å². The van der Waals surface area contributed by atoms with Crippen molar-refractivity contribution >= 4 is 33.3 Å². The van der Waals surface area contributed by atoms with Gasteiger partial charge < -0.3 is 25.6 Å². The van der Waals surface area contributed by atoms with Crippen molar-refractivity contribution in [3.05, 3.63) is 72.9 Å². The second kappa shape index (κ2) is 12.8. The zero-order chi connectivity index (χ0) is 30.6. The minimum absolute atomic E-state index is 0.348. The number of unbranched alkanes of at least 4 members (excludes halogenated alkanes) is 1. The number of imidazole rings is 1. The van der Waals surface area contributed by atoms with E-state index >= 15 is 0 Å². The molecular formula is C33H36FN9O. The molecule has 0 bridgehead atoms. The molecule has 6 aromatic rings. The molecule has 4 aromatic heterocycles. The van der Waals surface area contributed by atoms with Crippen LogP contribution in [0.4, 0.5) is 15.8 Å². The highest BCUT2D eigenvalue weighted by molar-refractivity contribution is 5.97. The van der Waals surface area contributed by atoms with Crippen molar-refractivity contribution < 1.29 is 9.50 Å². The number of hydrogen-bond acceptors (Lipinski definition) is 8. The molecule has 10 nitrogen and oxygen atoms in total.